The fourth-order valence-electron chi connectivity index (χ4n) is 2.88. The molecular formula is C23H17ClN4O3S. The van der Waals surface area contributed by atoms with E-state index in [1.54, 1.807) is 66.0 Å². The molecular weight excluding hydrogens is 448 g/mol. The molecule has 2 amide bonds. The van der Waals surface area contributed by atoms with Gasteiger partial charge in [-0.25, -0.2) is 14.8 Å². The number of rotatable bonds is 4. The molecule has 0 radical (unpaired) electrons. The summed E-state index contributed by atoms with van der Waals surface area (Å²) < 4.78 is 1.36. The number of aromatic nitrogens is 1. The third kappa shape index (κ3) is 4.88. The Morgan fingerprint density at radius 2 is 1.62 bits per heavy atom. The van der Waals surface area contributed by atoms with Gasteiger partial charge < -0.3 is 10.4 Å². The van der Waals surface area contributed by atoms with E-state index in [0.717, 1.165) is 0 Å². The normalized spacial score (nSPS) is 11.2. The average Bonchev–Trinajstić information content (AvgIpc) is 3.24. The van der Waals surface area contributed by atoms with Gasteiger partial charge in [0.15, 0.2) is 0 Å². The molecule has 0 aliphatic carbocycles. The zero-order chi connectivity index (χ0) is 22.5. The number of carbonyl (C=O) groups excluding carboxylic acids is 2. The van der Waals surface area contributed by atoms with Gasteiger partial charge in [-0.2, -0.15) is 0 Å². The topological polar surface area (TPSA) is 95.7 Å². The van der Waals surface area contributed by atoms with E-state index in [4.69, 9.17) is 11.6 Å². The second-order valence-electron chi connectivity index (χ2n) is 6.64. The zero-order valence-electron chi connectivity index (χ0n) is 16.5. The number of hydrogen-bond donors (Lipinski definition) is 3. The number of halogens is 1. The van der Waals surface area contributed by atoms with E-state index in [0.29, 0.717) is 27.5 Å². The molecule has 7 nitrogen and oxygen atoms in total. The highest BCUT2D eigenvalue weighted by molar-refractivity contribution is 7.07. The lowest BCUT2D eigenvalue weighted by Gasteiger charge is -2.10. The Morgan fingerprint density at radius 1 is 0.938 bits per heavy atom. The Balaban J connectivity index is 1.71. The monoisotopic (exact) mass is 464 g/mol. The molecule has 1 aromatic heterocycles. The maximum Gasteiger partial charge on any atom is 0.332 e. The van der Waals surface area contributed by atoms with Crippen LogP contribution in [0.2, 0.25) is 5.02 Å². The van der Waals surface area contributed by atoms with Crippen LogP contribution >= 0.6 is 22.9 Å². The number of amides is 2. The first kappa shape index (κ1) is 21.4. The third-order valence-electron chi connectivity index (χ3n) is 4.46. The van der Waals surface area contributed by atoms with Crippen molar-refractivity contribution in [3.8, 4) is 17.0 Å². The molecule has 4 aromatic rings. The van der Waals surface area contributed by atoms with E-state index in [9.17, 15) is 14.7 Å². The minimum Gasteiger partial charge on any atom is -0.508 e. The van der Waals surface area contributed by atoms with E-state index >= 15 is 0 Å². The lowest BCUT2D eigenvalue weighted by molar-refractivity contribution is 0.0953. The van der Waals surface area contributed by atoms with Crippen LogP contribution < -0.4 is 15.5 Å². The van der Waals surface area contributed by atoms with E-state index in [2.05, 4.69) is 15.8 Å². The molecule has 0 unspecified atom stereocenters. The molecule has 1 heterocycles. The minimum absolute atomic E-state index is 0.112. The van der Waals surface area contributed by atoms with E-state index in [1.807, 2.05) is 6.07 Å². The summed E-state index contributed by atoms with van der Waals surface area (Å²) in [5, 5.41) is 18.9. The number of nitrogens with one attached hydrogen (secondary N) is 2. The molecule has 3 aromatic carbocycles. The van der Waals surface area contributed by atoms with Crippen LogP contribution in [0.5, 0.6) is 5.75 Å². The van der Waals surface area contributed by atoms with Gasteiger partial charge >= 0.3 is 6.03 Å². The van der Waals surface area contributed by atoms with Crippen molar-refractivity contribution in [3.63, 3.8) is 0 Å². The molecule has 0 aliphatic rings. The summed E-state index contributed by atoms with van der Waals surface area (Å²) in [5.74, 6) is -0.281. The molecule has 9 heteroatoms. The number of nitrogens with zero attached hydrogens (tertiary/aromatic N) is 2. The van der Waals surface area contributed by atoms with Crippen LogP contribution in [0.15, 0.2) is 89.3 Å². The van der Waals surface area contributed by atoms with Crippen molar-refractivity contribution in [1.82, 2.24) is 9.99 Å². The number of phenols is 1. The van der Waals surface area contributed by atoms with Gasteiger partial charge in [0.05, 0.1) is 5.69 Å². The maximum absolute atomic E-state index is 13.2. The molecule has 0 spiro atoms. The van der Waals surface area contributed by atoms with Gasteiger partial charge in [0.1, 0.15) is 5.75 Å². The second-order valence-corrected chi connectivity index (χ2v) is 7.91. The summed E-state index contributed by atoms with van der Waals surface area (Å²) in [7, 11) is 0. The smallest absolute Gasteiger partial charge is 0.332 e. The number of anilines is 1. The number of phenolic OH excluding ortho intramolecular Hbond substituents is 1. The van der Waals surface area contributed by atoms with Crippen LogP contribution in [-0.4, -0.2) is 21.6 Å². The van der Waals surface area contributed by atoms with Crippen molar-refractivity contribution >= 4 is 40.6 Å². The third-order valence-corrected chi connectivity index (χ3v) is 5.54. The number of carbonyl (C=O) groups is 2. The number of benzene rings is 3. The van der Waals surface area contributed by atoms with E-state index in [-0.39, 0.29) is 10.6 Å². The molecule has 0 saturated carbocycles. The first-order valence-corrected chi connectivity index (χ1v) is 10.7. The first-order valence-electron chi connectivity index (χ1n) is 9.47. The predicted octanol–water partition coefficient (Wildman–Crippen LogP) is 4.90. The van der Waals surface area contributed by atoms with Crippen molar-refractivity contribution in [1.29, 1.82) is 0 Å². The molecule has 160 valence electrons. The van der Waals surface area contributed by atoms with Crippen molar-refractivity contribution in [2.75, 3.05) is 5.32 Å². The van der Waals surface area contributed by atoms with E-state index < -0.39 is 11.9 Å². The summed E-state index contributed by atoms with van der Waals surface area (Å²) in [4.78, 5) is 25.8. The highest BCUT2D eigenvalue weighted by atomic mass is 35.5. The van der Waals surface area contributed by atoms with Crippen LogP contribution in [0.4, 0.5) is 10.5 Å². The summed E-state index contributed by atoms with van der Waals surface area (Å²) >= 11 is 7.11. The summed E-state index contributed by atoms with van der Waals surface area (Å²) in [5.41, 5.74) is 4.74. The Morgan fingerprint density at radius 3 is 2.31 bits per heavy atom. The standard InChI is InChI=1S/C23H17ClN4O3S/c24-17-8-10-18(11-9-17)25-22(31)28-20(15-6-12-19(29)13-7-15)14-32-23(28)27-26-21(30)16-4-2-1-3-5-16/h1-14,29H,(H,25,31)(H,26,30)/b27-23+. The van der Waals surface area contributed by atoms with Gasteiger partial charge in [0.2, 0.25) is 4.80 Å². The fraction of sp³-hybridized carbons (Fsp3) is 0. The molecule has 0 saturated heterocycles. The van der Waals surface area contributed by atoms with Gasteiger partial charge in [0.25, 0.3) is 5.91 Å². The van der Waals surface area contributed by atoms with Gasteiger partial charge in [-0.15, -0.1) is 16.4 Å². The van der Waals surface area contributed by atoms with Crippen LogP contribution in [0.1, 0.15) is 10.4 Å². The number of hydrogen-bond acceptors (Lipinski definition) is 5. The molecule has 0 bridgehead atoms. The van der Waals surface area contributed by atoms with Crippen LogP contribution in [0.25, 0.3) is 11.3 Å². The van der Waals surface area contributed by atoms with Gasteiger partial charge in [0, 0.05) is 21.7 Å². The average molecular weight is 465 g/mol. The van der Waals surface area contributed by atoms with Gasteiger partial charge in [-0.1, -0.05) is 29.8 Å². The minimum atomic E-state index is -0.468. The van der Waals surface area contributed by atoms with Crippen molar-refractivity contribution < 1.29 is 14.7 Å². The molecule has 0 fully saturated rings. The summed E-state index contributed by atoms with van der Waals surface area (Å²) in [6, 6.07) is 21.3. The highest BCUT2D eigenvalue weighted by Gasteiger charge is 2.16. The quantitative estimate of drug-likeness (QED) is 0.375. The van der Waals surface area contributed by atoms with Crippen molar-refractivity contribution in [2.24, 2.45) is 5.10 Å². The highest BCUT2D eigenvalue weighted by Crippen LogP contribution is 2.23. The largest absolute Gasteiger partial charge is 0.508 e. The zero-order valence-corrected chi connectivity index (χ0v) is 18.1. The SMILES string of the molecule is O=C(N/N=c1/scc(-c2ccc(O)cc2)n1C(=O)Nc1ccc(Cl)cc1)c1ccccc1. The Bertz CT molecular complexity index is 1310. The maximum atomic E-state index is 13.2. The molecule has 3 N–H and O–H groups in total. The first-order chi connectivity index (χ1) is 15.5. The second kappa shape index (κ2) is 9.51. The lowest BCUT2D eigenvalue weighted by atomic mass is 10.1. The number of thiazole rings is 1. The van der Waals surface area contributed by atoms with Crippen LogP contribution in [-0.2, 0) is 0 Å². The summed E-state index contributed by atoms with van der Waals surface area (Å²) in [6.45, 7) is 0. The fourth-order valence-corrected chi connectivity index (χ4v) is 3.85. The number of aromatic hydroxyl groups is 1. The molecule has 0 atom stereocenters. The molecule has 0 aliphatic heterocycles. The van der Waals surface area contributed by atoms with Crippen molar-refractivity contribution in [3.05, 3.63) is 99.6 Å². The molecule has 32 heavy (non-hydrogen) atoms. The van der Waals surface area contributed by atoms with E-state index in [1.165, 1.54) is 28.0 Å². The van der Waals surface area contributed by atoms with Crippen LogP contribution in [0.3, 0.4) is 0 Å². The van der Waals surface area contributed by atoms with Crippen LogP contribution in [0, 0.1) is 0 Å². The lowest BCUT2D eigenvalue weighted by Crippen LogP contribution is -2.31. The Hall–Kier alpha value is -3.88. The Kier molecular flexibility index (Phi) is 6.34. The Labute approximate surface area is 192 Å². The summed E-state index contributed by atoms with van der Waals surface area (Å²) in [6.07, 6.45) is 0. The predicted molar refractivity (Wildman–Crippen MR) is 125 cm³/mol. The van der Waals surface area contributed by atoms with Crippen molar-refractivity contribution in [2.45, 2.75) is 0 Å². The van der Waals surface area contributed by atoms with Gasteiger partial charge in [-0.05, 0) is 66.2 Å². The molecule has 4 rings (SSSR count). The van der Waals surface area contributed by atoms with Gasteiger partial charge in [-0.3, -0.25) is 4.79 Å².